The third kappa shape index (κ3) is 4.18. The number of benzene rings is 1. The monoisotopic (exact) mass is 227 g/mol. The molecule has 1 aromatic carbocycles. The molecule has 2 amide bonds. The van der Waals surface area contributed by atoms with Crippen LogP contribution in [0.5, 0.6) is 0 Å². The van der Waals surface area contributed by atoms with Gasteiger partial charge >= 0.3 is 6.03 Å². The van der Waals surface area contributed by atoms with Crippen molar-refractivity contribution in [2.24, 2.45) is 11.5 Å². The second kappa shape index (κ2) is 5.58. The van der Waals surface area contributed by atoms with E-state index in [2.05, 4.69) is 5.32 Å². The maximum Gasteiger partial charge on any atom is 0.316 e. The van der Waals surface area contributed by atoms with Crippen LogP contribution < -0.4 is 16.8 Å². The van der Waals surface area contributed by atoms with Gasteiger partial charge in [0.05, 0.1) is 0 Å². The first kappa shape index (κ1) is 11.8. The number of urea groups is 1. The Morgan fingerprint density at radius 2 is 2.13 bits per heavy atom. The zero-order valence-corrected chi connectivity index (χ0v) is 9.05. The van der Waals surface area contributed by atoms with Gasteiger partial charge in [-0.05, 0) is 43.1 Å². The summed E-state index contributed by atoms with van der Waals surface area (Å²) < 4.78 is 0. The van der Waals surface area contributed by atoms with Gasteiger partial charge in [-0.15, -0.1) is 0 Å². The van der Waals surface area contributed by atoms with Gasteiger partial charge < -0.3 is 16.8 Å². The second-order valence-electron chi connectivity index (χ2n) is 3.23. The minimum atomic E-state index is -0.595. The Kier molecular flexibility index (Phi) is 4.39. The number of rotatable bonds is 4. The minimum absolute atomic E-state index is 0.577. The summed E-state index contributed by atoms with van der Waals surface area (Å²) >= 11 is 5.89. The molecule has 0 saturated carbocycles. The highest BCUT2D eigenvalue weighted by Gasteiger charge is 2.01. The first-order valence-electron chi connectivity index (χ1n) is 4.68. The molecular formula is C10H14ClN3O. The van der Waals surface area contributed by atoms with Crippen LogP contribution in [-0.2, 0) is 6.42 Å². The highest BCUT2D eigenvalue weighted by Crippen LogP contribution is 2.19. The van der Waals surface area contributed by atoms with E-state index < -0.39 is 6.03 Å². The number of amides is 2. The van der Waals surface area contributed by atoms with Gasteiger partial charge in [0.15, 0.2) is 0 Å². The van der Waals surface area contributed by atoms with Gasteiger partial charge in [0.2, 0.25) is 0 Å². The average Bonchev–Trinajstić information content (AvgIpc) is 2.12. The van der Waals surface area contributed by atoms with E-state index in [1.807, 2.05) is 12.1 Å². The van der Waals surface area contributed by atoms with Crippen molar-refractivity contribution in [2.45, 2.75) is 12.8 Å². The molecule has 0 spiro atoms. The molecule has 1 rings (SSSR count). The van der Waals surface area contributed by atoms with Gasteiger partial charge in [-0.25, -0.2) is 4.79 Å². The minimum Gasteiger partial charge on any atom is -0.351 e. The number of carbonyl (C=O) groups is 1. The van der Waals surface area contributed by atoms with E-state index in [0.29, 0.717) is 17.3 Å². The Morgan fingerprint density at radius 1 is 1.40 bits per heavy atom. The molecule has 4 nitrogen and oxygen atoms in total. The molecule has 0 bridgehead atoms. The lowest BCUT2D eigenvalue weighted by molar-refractivity contribution is 0.259. The van der Waals surface area contributed by atoms with E-state index in [-0.39, 0.29) is 0 Å². The van der Waals surface area contributed by atoms with Crippen LogP contribution in [0.15, 0.2) is 18.2 Å². The van der Waals surface area contributed by atoms with Crippen LogP contribution in [0.4, 0.5) is 10.5 Å². The molecule has 0 atom stereocenters. The lowest BCUT2D eigenvalue weighted by atomic mass is 10.1. The van der Waals surface area contributed by atoms with E-state index >= 15 is 0 Å². The first-order valence-corrected chi connectivity index (χ1v) is 5.05. The Bertz CT molecular complexity index is 355. The standard InChI is InChI=1S/C10H14ClN3O/c11-8-4-7(2-1-3-12)5-9(6-8)14-10(13)15/h4-6H,1-3,12H2,(H3,13,14,15). The van der Waals surface area contributed by atoms with Crippen molar-refractivity contribution >= 4 is 23.3 Å². The summed E-state index contributed by atoms with van der Waals surface area (Å²) in [6, 6.07) is 4.75. The summed E-state index contributed by atoms with van der Waals surface area (Å²) in [5.74, 6) is 0. The van der Waals surface area contributed by atoms with Gasteiger partial charge in [0, 0.05) is 10.7 Å². The van der Waals surface area contributed by atoms with Crippen molar-refractivity contribution in [3.05, 3.63) is 28.8 Å². The van der Waals surface area contributed by atoms with E-state index in [1.54, 1.807) is 6.07 Å². The Balaban J connectivity index is 2.79. The Labute approximate surface area is 93.6 Å². The van der Waals surface area contributed by atoms with E-state index in [9.17, 15) is 4.79 Å². The summed E-state index contributed by atoms with van der Waals surface area (Å²) in [5, 5.41) is 3.06. The summed E-state index contributed by atoms with van der Waals surface area (Å²) in [4.78, 5) is 10.7. The number of primary amides is 1. The second-order valence-corrected chi connectivity index (χ2v) is 3.67. The third-order valence-electron chi connectivity index (χ3n) is 1.89. The SMILES string of the molecule is NCCCc1cc(Cl)cc(NC(N)=O)c1. The molecule has 0 aromatic heterocycles. The zero-order valence-electron chi connectivity index (χ0n) is 8.29. The molecule has 15 heavy (non-hydrogen) atoms. The van der Waals surface area contributed by atoms with Gasteiger partial charge in [0.1, 0.15) is 0 Å². The molecule has 0 unspecified atom stereocenters. The molecule has 1 aromatic rings. The van der Waals surface area contributed by atoms with Crippen LogP contribution in [0, 0.1) is 0 Å². The summed E-state index contributed by atoms with van der Waals surface area (Å²) in [6.07, 6.45) is 1.72. The Morgan fingerprint density at radius 3 is 2.73 bits per heavy atom. The molecule has 0 saturated heterocycles. The smallest absolute Gasteiger partial charge is 0.316 e. The van der Waals surface area contributed by atoms with E-state index in [1.165, 1.54) is 0 Å². The number of aryl methyl sites for hydroxylation is 1. The molecule has 0 radical (unpaired) electrons. The van der Waals surface area contributed by atoms with Gasteiger partial charge in [-0.1, -0.05) is 11.6 Å². The van der Waals surface area contributed by atoms with E-state index in [0.717, 1.165) is 18.4 Å². The fourth-order valence-electron chi connectivity index (χ4n) is 1.32. The number of carbonyl (C=O) groups excluding carboxylic acids is 1. The molecule has 0 fully saturated rings. The zero-order chi connectivity index (χ0) is 11.3. The topological polar surface area (TPSA) is 81.1 Å². The number of anilines is 1. The predicted molar refractivity (Wildman–Crippen MR) is 62.0 cm³/mol. The normalized spacial score (nSPS) is 10.0. The number of hydrogen-bond donors (Lipinski definition) is 3. The highest BCUT2D eigenvalue weighted by atomic mass is 35.5. The maximum absolute atomic E-state index is 10.7. The van der Waals surface area contributed by atoms with Crippen LogP contribution in [0.1, 0.15) is 12.0 Å². The summed E-state index contributed by atoms with van der Waals surface area (Å²) in [7, 11) is 0. The van der Waals surface area contributed by atoms with Crippen molar-refractivity contribution in [2.75, 3.05) is 11.9 Å². The predicted octanol–water partition coefficient (Wildman–Crippen LogP) is 1.72. The van der Waals surface area contributed by atoms with E-state index in [4.69, 9.17) is 23.1 Å². The quantitative estimate of drug-likeness (QED) is 0.732. The summed E-state index contributed by atoms with van der Waals surface area (Å²) in [5.41, 5.74) is 12.1. The molecule has 0 heterocycles. The largest absolute Gasteiger partial charge is 0.351 e. The highest BCUT2D eigenvalue weighted by molar-refractivity contribution is 6.31. The fourth-order valence-corrected chi connectivity index (χ4v) is 1.57. The number of hydrogen-bond acceptors (Lipinski definition) is 2. The number of nitrogens with two attached hydrogens (primary N) is 2. The van der Waals surface area contributed by atoms with Crippen LogP contribution >= 0.6 is 11.6 Å². The van der Waals surface area contributed by atoms with Crippen molar-refractivity contribution in [3.8, 4) is 0 Å². The molecule has 0 aliphatic rings. The maximum atomic E-state index is 10.7. The molecule has 0 aliphatic heterocycles. The van der Waals surface area contributed by atoms with Crippen LogP contribution in [0.25, 0.3) is 0 Å². The molecule has 5 N–H and O–H groups in total. The van der Waals surface area contributed by atoms with Gasteiger partial charge in [-0.2, -0.15) is 0 Å². The molecular weight excluding hydrogens is 214 g/mol. The molecule has 5 heteroatoms. The molecule has 0 aliphatic carbocycles. The van der Waals surface area contributed by atoms with Crippen molar-refractivity contribution < 1.29 is 4.79 Å². The van der Waals surface area contributed by atoms with Crippen molar-refractivity contribution in [1.82, 2.24) is 0 Å². The van der Waals surface area contributed by atoms with Crippen molar-refractivity contribution in [1.29, 1.82) is 0 Å². The van der Waals surface area contributed by atoms with Gasteiger partial charge in [-0.3, -0.25) is 0 Å². The average molecular weight is 228 g/mol. The molecule has 82 valence electrons. The number of halogens is 1. The lowest BCUT2D eigenvalue weighted by Gasteiger charge is -2.06. The van der Waals surface area contributed by atoms with Crippen LogP contribution in [0.3, 0.4) is 0 Å². The van der Waals surface area contributed by atoms with Crippen LogP contribution in [0.2, 0.25) is 5.02 Å². The lowest BCUT2D eigenvalue weighted by Crippen LogP contribution is -2.19. The number of nitrogens with one attached hydrogen (secondary N) is 1. The third-order valence-corrected chi connectivity index (χ3v) is 2.11. The van der Waals surface area contributed by atoms with Crippen molar-refractivity contribution in [3.63, 3.8) is 0 Å². The van der Waals surface area contributed by atoms with Gasteiger partial charge in [0.25, 0.3) is 0 Å². The van der Waals surface area contributed by atoms with Crippen LogP contribution in [-0.4, -0.2) is 12.6 Å². The fraction of sp³-hybridized carbons (Fsp3) is 0.300. The first-order chi connectivity index (χ1) is 7.11. The Hall–Kier alpha value is -1.26. The summed E-state index contributed by atoms with van der Waals surface area (Å²) in [6.45, 7) is 0.630.